The van der Waals surface area contributed by atoms with Crippen molar-refractivity contribution in [3.05, 3.63) is 53.6 Å². The third-order valence-corrected chi connectivity index (χ3v) is 3.53. The van der Waals surface area contributed by atoms with Gasteiger partial charge in [-0.1, -0.05) is 30.3 Å². The van der Waals surface area contributed by atoms with E-state index in [2.05, 4.69) is 42.5 Å². The van der Waals surface area contributed by atoms with E-state index in [9.17, 15) is 0 Å². The number of nitrogens with two attached hydrogens (primary N) is 1. The second-order valence-electron chi connectivity index (χ2n) is 4.54. The van der Waals surface area contributed by atoms with Gasteiger partial charge in [0.25, 0.3) is 0 Å². The Hall–Kier alpha value is -2.02. The molecule has 2 N–H and O–H groups in total. The number of anilines is 1. The Morgan fingerprint density at radius 3 is 2.56 bits per heavy atom. The Kier molecular flexibility index (Phi) is 1.31. The first-order chi connectivity index (χ1) is 7.83. The molecule has 0 aliphatic heterocycles. The van der Waals surface area contributed by atoms with E-state index in [1.54, 1.807) is 0 Å². The predicted octanol–water partition coefficient (Wildman–Crippen LogP) is 3.48. The average molecular weight is 205 g/mol. The van der Waals surface area contributed by atoms with E-state index in [0.717, 1.165) is 12.1 Å². The normalized spacial score (nSPS) is 13.0. The fourth-order valence-electron chi connectivity index (χ4n) is 2.92. The van der Waals surface area contributed by atoms with E-state index in [4.69, 9.17) is 5.73 Å². The smallest absolute Gasteiger partial charge is 0.0323 e. The average Bonchev–Trinajstić information content (AvgIpc) is 2.64. The fraction of sp³-hybridized carbons (Fsp3) is 0.0667. The molecule has 76 valence electrons. The quantitative estimate of drug-likeness (QED) is 0.345. The van der Waals surface area contributed by atoms with E-state index in [1.807, 2.05) is 0 Å². The highest BCUT2D eigenvalue weighted by Crippen LogP contribution is 2.39. The standard InChI is InChI=1S/C15H11N/c16-13-7-11-5-4-9-2-1-3-10-6-12(8-13)15(11)14(9)10/h1-5,7-8H,6,16H2. The van der Waals surface area contributed by atoms with Crippen LogP contribution in [0.25, 0.3) is 21.5 Å². The van der Waals surface area contributed by atoms with Gasteiger partial charge in [-0.05, 0) is 51.2 Å². The van der Waals surface area contributed by atoms with Crippen molar-refractivity contribution in [1.82, 2.24) is 0 Å². The number of benzene rings is 3. The van der Waals surface area contributed by atoms with Gasteiger partial charge in [-0.25, -0.2) is 0 Å². The molecule has 1 nitrogen and oxygen atoms in total. The van der Waals surface area contributed by atoms with E-state index in [1.165, 1.54) is 32.7 Å². The zero-order valence-corrected chi connectivity index (χ0v) is 8.83. The van der Waals surface area contributed by atoms with Crippen LogP contribution in [0.2, 0.25) is 0 Å². The molecule has 0 radical (unpaired) electrons. The first-order valence-electron chi connectivity index (χ1n) is 5.56. The Morgan fingerprint density at radius 1 is 0.812 bits per heavy atom. The van der Waals surface area contributed by atoms with Crippen molar-refractivity contribution in [2.45, 2.75) is 6.42 Å². The van der Waals surface area contributed by atoms with Crippen molar-refractivity contribution in [3.8, 4) is 0 Å². The lowest BCUT2D eigenvalue weighted by Gasteiger charge is -2.04. The number of rotatable bonds is 0. The van der Waals surface area contributed by atoms with Gasteiger partial charge in [0.2, 0.25) is 0 Å². The van der Waals surface area contributed by atoms with Crippen molar-refractivity contribution in [1.29, 1.82) is 0 Å². The summed E-state index contributed by atoms with van der Waals surface area (Å²) in [6, 6.07) is 15.1. The van der Waals surface area contributed by atoms with Crippen LogP contribution in [0.15, 0.2) is 42.5 Å². The van der Waals surface area contributed by atoms with Gasteiger partial charge in [0.05, 0.1) is 0 Å². The molecule has 0 atom stereocenters. The topological polar surface area (TPSA) is 26.0 Å². The molecular weight excluding hydrogens is 194 g/mol. The lowest BCUT2D eigenvalue weighted by Crippen LogP contribution is -1.87. The largest absolute Gasteiger partial charge is 0.399 e. The minimum atomic E-state index is 0.870. The first kappa shape index (κ1) is 8.17. The number of nitrogen functional groups attached to an aromatic ring is 1. The van der Waals surface area contributed by atoms with E-state index in [-0.39, 0.29) is 0 Å². The molecule has 0 amide bonds. The van der Waals surface area contributed by atoms with Crippen LogP contribution in [-0.2, 0) is 6.42 Å². The minimum Gasteiger partial charge on any atom is -0.399 e. The maximum Gasteiger partial charge on any atom is 0.0323 e. The zero-order chi connectivity index (χ0) is 10.7. The van der Waals surface area contributed by atoms with Crippen LogP contribution in [0.5, 0.6) is 0 Å². The lowest BCUT2D eigenvalue weighted by molar-refractivity contribution is 1.27. The monoisotopic (exact) mass is 205 g/mol. The summed E-state index contributed by atoms with van der Waals surface area (Å²) in [5, 5.41) is 5.44. The maximum atomic E-state index is 5.93. The highest BCUT2D eigenvalue weighted by Gasteiger charge is 2.16. The van der Waals surface area contributed by atoms with Crippen LogP contribution >= 0.6 is 0 Å². The third-order valence-electron chi connectivity index (χ3n) is 3.53. The number of hydrogen-bond acceptors (Lipinski definition) is 1. The van der Waals surface area contributed by atoms with Crippen molar-refractivity contribution < 1.29 is 0 Å². The van der Waals surface area contributed by atoms with Gasteiger partial charge in [-0.15, -0.1) is 0 Å². The molecule has 0 spiro atoms. The lowest BCUT2D eigenvalue weighted by atomic mass is 10.0. The Morgan fingerprint density at radius 2 is 1.62 bits per heavy atom. The summed E-state index contributed by atoms with van der Waals surface area (Å²) in [5.41, 5.74) is 9.61. The molecule has 3 aromatic carbocycles. The summed E-state index contributed by atoms with van der Waals surface area (Å²) in [4.78, 5) is 0. The third kappa shape index (κ3) is 0.860. The molecule has 0 bridgehead atoms. The SMILES string of the molecule is Nc1cc2c3c(ccc4cccc(c43)C2)c1. The molecule has 0 aromatic heterocycles. The first-order valence-corrected chi connectivity index (χ1v) is 5.56. The fourth-order valence-corrected chi connectivity index (χ4v) is 2.92. The molecule has 1 aliphatic carbocycles. The van der Waals surface area contributed by atoms with Crippen LogP contribution in [0.4, 0.5) is 5.69 Å². The second kappa shape index (κ2) is 2.56. The molecule has 1 aliphatic rings. The van der Waals surface area contributed by atoms with E-state index < -0.39 is 0 Å². The highest BCUT2D eigenvalue weighted by atomic mass is 14.5. The van der Waals surface area contributed by atoms with Crippen LogP contribution < -0.4 is 5.73 Å². The summed E-state index contributed by atoms with van der Waals surface area (Å²) in [5.74, 6) is 0. The molecule has 3 aromatic rings. The molecule has 0 fully saturated rings. The minimum absolute atomic E-state index is 0.870. The summed E-state index contributed by atoms with van der Waals surface area (Å²) < 4.78 is 0. The van der Waals surface area contributed by atoms with Crippen molar-refractivity contribution in [2.75, 3.05) is 5.73 Å². The Labute approximate surface area is 93.5 Å². The van der Waals surface area contributed by atoms with Crippen molar-refractivity contribution in [2.24, 2.45) is 0 Å². The summed E-state index contributed by atoms with van der Waals surface area (Å²) in [7, 11) is 0. The van der Waals surface area contributed by atoms with Gasteiger partial charge in [0.1, 0.15) is 0 Å². The van der Waals surface area contributed by atoms with Gasteiger partial charge < -0.3 is 5.73 Å². The van der Waals surface area contributed by atoms with Gasteiger partial charge in [0, 0.05) is 5.69 Å². The zero-order valence-electron chi connectivity index (χ0n) is 8.83. The second-order valence-corrected chi connectivity index (χ2v) is 4.54. The Bertz CT molecular complexity index is 741. The van der Waals surface area contributed by atoms with Gasteiger partial charge in [0.15, 0.2) is 0 Å². The highest BCUT2D eigenvalue weighted by molar-refractivity contribution is 6.14. The molecular formula is C15H11N. The molecule has 1 heteroatoms. The molecule has 0 unspecified atom stereocenters. The Balaban J connectivity index is 2.36. The molecule has 0 saturated carbocycles. The van der Waals surface area contributed by atoms with Crippen LogP contribution in [-0.4, -0.2) is 0 Å². The van der Waals surface area contributed by atoms with Crippen LogP contribution in [0.3, 0.4) is 0 Å². The van der Waals surface area contributed by atoms with Crippen molar-refractivity contribution >= 4 is 27.2 Å². The van der Waals surface area contributed by atoms with Gasteiger partial charge in [-0.2, -0.15) is 0 Å². The molecule has 16 heavy (non-hydrogen) atoms. The van der Waals surface area contributed by atoms with Crippen molar-refractivity contribution in [3.63, 3.8) is 0 Å². The molecule has 0 heterocycles. The maximum absolute atomic E-state index is 5.93. The summed E-state index contributed by atoms with van der Waals surface area (Å²) in [6.07, 6.45) is 1.03. The molecule has 4 rings (SSSR count). The molecule has 0 saturated heterocycles. The van der Waals surface area contributed by atoms with E-state index >= 15 is 0 Å². The number of hydrogen-bond donors (Lipinski definition) is 1. The van der Waals surface area contributed by atoms with Gasteiger partial charge >= 0.3 is 0 Å². The summed E-state index contributed by atoms with van der Waals surface area (Å²) in [6.45, 7) is 0. The predicted molar refractivity (Wildman–Crippen MR) is 68.7 cm³/mol. The van der Waals surface area contributed by atoms with E-state index in [0.29, 0.717) is 0 Å². The van der Waals surface area contributed by atoms with Gasteiger partial charge in [-0.3, -0.25) is 0 Å². The summed E-state index contributed by atoms with van der Waals surface area (Å²) >= 11 is 0. The van der Waals surface area contributed by atoms with Crippen LogP contribution in [0.1, 0.15) is 11.1 Å². The van der Waals surface area contributed by atoms with Crippen LogP contribution in [0, 0.1) is 0 Å².